The highest BCUT2D eigenvalue weighted by molar-refractivity contribution is 14.0. The van der Waals surface area contributed by atoms with Crippen LogP contribution in [0.4, 0.5) is 0 Å². The molecule has 2 N–H and O–H groups in total. The molecule has 8 heteroatoms. The van der Waals surface area contributed by atoms with Crippen LogP contribution >= 0.6 is 24.0 Å². The maximum absolute atomic E-state index is 5.55. The zero-order valence-electron chi connectivity index (χ0n) is 15.8. The van der Waals surface area contributed by atoms with Crippen LogP contribution in [0.1, 0.15) is 17.9 Å². The maximum atomic E-state index is 5.55. The van der Waals surface area contributed by atoms with E-state index in [2.05, 4.69) is 20.8 Å². The highest BCUT2D eigenvalue weighted by Gasteiger charge is 2.07. The van der Waals surface area contributed by atoms with Gasteiger partial charge in [-0.3, -0.25) is 4.99 Å². The largest absolute Gasteiger partial charge is 0.467 e. The zero-order chi connectivity index (χ0) is 18.7. The van der Waals surface area contributed by atoms with Gasteiger partial charge in [0.15, 0.2) is 11.7 Å². The van der Waals surface area contributed by atoms with E-state index in [1.165, 1.54) is 0 Å². The van der Waals surface area contributed by atoms with Gasteiger partial charge >= 0.3 is 0 Å². The molecule has 0 aliphatic rings. The Morgan fingerprint density at radius 1 is 1.14 bits per heavy atom. The van der Waals surface area contributed by atoms with Crippen LogP contribution in [0, 0.1) is 0 Å². The highest BCUT2D eigenvalue weighted by atomic mass is 127. The van der Waals surface area contributed by atoms with Gasteiger partial charge in [0.05, 0.1) is 12.8 Å². The molecule has 28 heavy (non-hydrogen) atoms. The lowest BCUT2D eigenvalue weighted by Crippen LogP contribution is -2.37. The van der Waals surface area contributed by atoms with Crippen molar-refractivity contribution in [3.05, 3.63) is 66.2 Å². The summed E-state index contributed by atoms with van der Waals surface area (Å²) >= 11 is 0. The summed E-state index contributed by atoms with van der Waals surface area (Å²) in [5, 5.41) is 10.6. The molecule has 2 heterocycles. The Hall–Kier alpha value is -2.33. The van der Waals surface area contributed by atoms with Crippen LogP contribution in [0.2, 0.25) is 0 Å². The molecule has 0 fully saturated rings. The maximum Gasteiger partial charge on any atom is 0.191 e. The van der Waals surface area contributed by atoms with E-state index < -0.39 is 0 Å². The molecule has 0 amide bonds. The third kappa shape index (κ3) is 7.01. The van der Waals surface area contributed by atoms with E-state index in [1.807, 2.05) is 48.5 Å². The number of rotatable bonds is 9. The predicted octanol–water partition coefficient (Wildman–Crippen LogP) is 3.82. The van der Waals surface area contributed by atoms with E-state index in [0.29, 0.717) is 25.7 Å². The van der Waals surface area contributed by atoms with Gasteiger partial charge in [-0.1, -0.05) is 35.5 Å². The molecule has 0 unspecified atom stereocenters. The molecule has 0 saturated carbocycles. The molecule has 3 rings (SSSR count). The summed E-state index contributed by atoms with van der Waals surface area (Å²) in [7, 11) is 1.74. The number of aromatic nitrogens is 1. The topological polar surface area (TPSA) is 84.8 Å². The Labute approximate surface area is 181 Å². The normalized spacial score (nSPS) is 11.1. The van der Waals surface area contributed by atoms with Crippen molar-refractivity contribution < 1.29 is 13.7 Å². The number of guanidine groups is 1. The van der Waals surface area contributed by atoms with Crippen molar-refractivity contribution in [1.82, 2.24) is 15.8 Å². The second-order valence-electron chi connectivity index (χ2n) is 5.89. The van der Waals surface area contributed by atoms with Crippen LogP contribution in [0.3, 0.4) is 0 Å². The van der Waals surface area contributed by atoms with Crippen LogP contribution in [-0.2, 0) is 17.9 Å². The standard InChI is InChI=1S/C20H24N4O3.HI/c1-21-20(22-10-6-11-25-15-18-9-5-12-26-18)23-14-17-13-19(27-24-17)16-7-3-2-4-8-16;/h2-5,7-9,12-13H,6,10-11,14-15H2,1H3,(H2,21,22,23);1H. The molecule has 0 aliphatic heterocycles. The van der Waals surface area contributed by atoms with E-state index in [4.69, 9.17) is 13.7 Å². The lowest BCUT2D eigenvalue weighted by molar-refractivity contribution is 0.105. The Morgan fingerprint density at radius 2 is 2.00 bits per heavy atom. The third-order valence-corrected chi connectivity index (χ3v) is 3.86. The van der Waals surface area contributed by atoms with Gasteiger partial charge < -0.3 is 24.3 Å². The molecule has 0 atom stereocenters. The molecule has 0 aliphatic carbocycles. The molecule has 0 radical (unpaired) electrons. The second kappa shape index (κ2) is 12.2. The van der Waals surface area contributed by atoms with Crippen molar-refractivity contribution in [2.75, 3.05) is 20.2 Å². The van der Waals surface area contributed by atoms with Gasteiger partial charge in [0.25, 0.3) is 0 Å². The molecule has 0 bridgehead atoms. The van der Waals surface area contributed by atoms with Crippen molar-refractivity contribution in [2.45, 2.75) is 19.6 Å². The number of hydrogen-bond acceptors (Lipinski definition) is 5. The number of ether oxygens (including phenoxy) is 1. The van der Waals surface area contributed by atoms with Crippen LogP contribution in [0.5, 0.6) is 0 Å². The van der Waals surface area contributed by atoms with Gasteiger partial charge in [0.2, 0.25) is 0 Å². The fourth-order valence-corrected chi connectivity index (χ4v) is 2.48. The summed E-state index contributed by atoms with van der Waals surface area (Å²) in [5.74, 6) is 2.30. The number of nitrogens with one attached hydrogen (secondary N) is 2. The first-order chi connectivity index (χ1) is 13.3. The summed E-state index contributed by atoms with van der Waals surface area (Å²) in [6.07, 6.45) is 2.51. The number of hydrogen-bond donors (Lipinski definition) is 2. The lowest BCUT2D eigenvalue weighted by Gasteiger charge is -2.10. The van der Waals surface area contributed by atoms with Gasteiger partial charge in [0, 0.05) is 31.8 Å². The van der Waals surface area contributed by atoms with Gasteiger partial charge in [-0.05, 0) is 18.6 Å². The van der Waals surface area contributed by atoms with Crippen LogP contribution in [0.15, 0.2) is 68.7 Å². The minimum absolute atomic E-state index is 0. The Morgan fingerprint density at radius 3 is 2.75 bits per heavy atom. The SMILES string of the molecule is CN=C(NCCCOCc1ccco1)NCc1cc(-c2ccccc2)on1.I. The molecule has 0 spiro atoms. The van der Waals surface area contributed by atoms with E-state index in [1.54, 1.807) is 13.3 Å². The molecule has 3 aromatic rings. The number of benzene rings is 1. The molecule has 0 saturated heterocycles. The summed E-state index contributed by atoms with van der Waals surface area (Å²) in [4.78, 5) is 4.21. The first-order valence-corrected chi connectivity index (χ1v) is 8.91. The van der Waals surface area contributed by atoms with Gasteiger partial charge in [-0.2, -0.15) is 0 Å². The van der Waals surface area contributed by atoms with E-state index in [0.717, 1.165) is 35.7 Å². The second-order valence-corrected chi connectivity index (χ2v) is 5.89. The van der Waals surface area contributed by atoms with Crippen molar-refractivity contribution >= 4 is 29.9 Å². The van der Waals surface area contributed by atoms with Crippen molar-refractivity contribution in [3.8, 4) is 11.3 Å². The predicted molar refractivity (Wildman–Crippen MR) is 119 cm³/mol. The molecule has 150 valence electrons. The summed E-state index contributed by atoms with van der Waals surface area (Å²) in [6, 6.07) is 15.6. The minimum atomic E-state index is 0. The number of furan rings is 1. The van der Waals surface area contributed by atoms with Crippen molar-refractivity contribution in [2.24, 2.45) is 4.99 Å². The van der Waals surface area contributed by atoms with Crippen LogP contribution in [-0.4, -0.2) is 31.3 Å². The summed E-state index contributed by atoms with van der Waals surface area (Å²) in [6.45, 7) is 2.43. The monoisotopic (exact) mass is 496 g/mol. The van der Waals surface area contributed by atoms with Crippen LogP contribution in [0.25, 0.3) is 11.3 Å². The third-order valence-electron chi connectivity index (χ3n) is 3.86. The van der Waals surface area contributed by atoms with Crippen LogP contribution < -0.4 is 10.6 Å². The first kappa shape index (κ1) is 22.0. The molecule has 2 aromatic heterocycles. The van der Waals surface area contributed by atoms with E-state index >= 15 is 0 Å². The Bertz CT molecular complexity index is 819. The smallest absolute Gasteiger partial charge is 0.191 e. The van der Waals surface area contributed by atoms with Crippen molar-refractivity contribution in [1.29, 1.82) is 0 Å². The molecule has 7 nitrogen and oxygen atoms in total. The fourth-order valence-electron chi connectivity index (χ4n) is 2.48. The first-order valence-electron chi connectivity index (χ1n) is 8.91. The summed E-state index contributed by atoms with van der Waals surface area (Å²) < 4.78 is 16.2. The highest BCUT2D eigenvalue weighted by Crippen LogP contribution is 2.19. The lowest BCUT2D eigenvalue weighted by atomic mass is 10.2. The number of halogens is 1. The fraction of sp³-hybridized carbons (Fsp3) is 0.300. The minimum Gasteiger partial charge on any atom is -0.467 e. The van der Waals surface area contributed by atoms with E-state index in [-0.39, 0.29) is 24.0 Å². The van der Waals surface area contributed by atoms with Gasteiger partial charge in [-0.25, -0.2) is 0 Å². The Kier molecular flexibility index (Phi) is 9.56. The van der Waals surface area contributed by atoms with Gasteiger partial charge in [0.1, 0.15) is 18.1 Å². The van der Waals surface area contributed by atoms with Gasteiger partial charge in [-0.15, -0.1) is 24.0 Å². The zero-order valence-corrected chi connectivity index (χ0v) is 18.1. The summed E-state index contributed by atoms with van der Waals surface area (Å²) in [5.41, 5.74) is 1.83. The molecule has 1 aromatic carbocycles. The molecular weight excluding hydrogens is 471 g/mol. The Balaban J connectivity index is 0.00000280. The quantitative estimate of drug-likeness (QED) is 0.203. The molecular formula is C20H25IN4O3. The number of nitrogens with zero attached hydrogens (tertiary/aromatic N) is 2. The number of aliphatic imine (C=N–C) groups is 1. The van der Waals surface area contributed by atoms with Crippen molar-refractivity contribution in [3.63, 3.8) is 0 Å². The average Bonchev–Trinajstić information content (AvgIpc) is 3.39. The average molecular weight is 496 g/mol. The van der Waals surface area contributed by atoms with E-state index in [9.17, 15) is 0 Å².